The zero-order valence-corrected chi connectivity index (χ0v) is 9.64. The van der Waals surface area contributed by atoms with E-state index < -0.39 is 0 Å². The van der Waals surface area contributed by atoms with Gasteiger partial charge in [0.1, 0.15) is 6.10 Å². The van der Waals surface area contributed by atoms with Crippen LogP contribution in [-0.2, 0) is 4.74 Å². The molecule has 1 amide bonds. The summed E-state index contributed by atoms with van der Waals surface area (Å²) in [6.07, 6.45) is -0.635. The Morgan fingerprint density at radius 1 is 1.35 bits per heavy atom. The van der Waals surface area contributed by atoms with Crippen molar-refractivity contribution in [2.75, 3.05) is 24.1 Å². The number of ether oxygens (including phenoxy) is 3. The lowest BCUT2D eigenvalue weighted by Gasteiger charge is -2.12. The lowest BCUT2D eigenvalue weighted by atomic mass is 10.2. The molecular formula is C11H10ClNO4. The molecule has 1 saturated heterocycles. The van der Waals surface area contributed by atoms with Crippen molar-refractivity contribution >= 4 is 23.4 Å². The van der Waals surface area contributed by atoms with Crippen LogP contribution in [0.15, 0.2) is 18.2 Å². The summed E-state index contributed by atoms with van der Waals surface area (Å²) in [5, 5.41) is 0. The zero-order valence-electron chi connectivity index (χ0n) is 8.89. The number of hydrogen-bond acceptors (Lipinski definition) is 4. The number of alkyl halides is 1. The van der Waals surface area contributed by atoms with Crippen LogP contribution in [0.5, 0.6) is 11.5 Å². The third kappa shape index (κ3) is 1.76. The van der Waals surface area contributed by atoms with Crippen molar-refractivity contribution in [3.05, 3.63) is 18.2 Å². The molecule has 1 unspecified atom stereocenters. The lowest BCUT2D eigenvalue weighted by Crippen LogP contribution is -2.24. The summed E-state index contributed by atoms with van der Waals surface area (Å²) >= 11 is 5.67. The van der Waals surface area contributed by atoms with Crippen LogP contribution in [0.3, 0.4) is 0 Å². The van der Waals surface area contributed by atoms with Crippen LogP contribution in [0.4, 0.5) is 10.5 Å². The Balaban J connectivity index is 1.87. The molecular weight excluding hydrogens is 246 g/mol. The largest absolute Gasteiger partial charge is 0.454 e. The maximum atomic E-state index is 11.6. The number of benzene rings is 1. The highest BCUT2D eigenvalue weighted by Crippen LogP contribution is 2.36. The lowest BCUT2D eigenvalue weighted by molar-refractivity contribution is 0.151. The van der Waals surface area contributed by atoms with Crippen molar-refractivity contribution in [3.8, 4) is 11.5 Å². The number of fused-ring (bicyclic) bond motifs is 1. The summed E-state index contributed by atoms with van der Waals surface area (Å²) in [4.78, 5) is 13.2. The zero-order chi connectivity index (χ0) is 11.8. The topological polar surface area (TPSA) is 48.0 Å². The van der Waals surface area contributed by atoms with E-state index in [4.69, 9.17) is 25.8 Å². The fraction of sp³-hybridized carbons (Fsp3) is 0.364. The predicted molar refractivity (Wildman–Crippen MR) is 60.9 cm³/mol. The van der Waals surface area contributed by atoms with Crippen LogP contribution in [0.1, 0.15) is 0 Å². The van der Waals surface area contributed by atoms with Gasteiger partial charge in [0.05, 0.1) is 18.1 Å². The van der Waals surface area contributed by atoms with Crippen molar-refractivity contribution in [1.29, 1.82) is 0 Å². The number of halogens is 1. The Labute approximate surface area is 103 Å². The molecule has 90 valence electrons. The monoisotopic (exact) mass is 255 g/mol. The quantitative estimate of drug-likeness (QED) is 0.758. The highest BCUT2D eigenvalue weighted by Gasteiger charge is 2.32. The molecule has 1 fully saturated rings. The number of nitrogens with zero attached hydrogens (tertiary/aromatic N) is 1. The van der Waals surface area contributed by atoms with Gasteiger partial charge >= 0.3 is 6.09 Å². The molecule has 1 aromatic rings. The van der Waals surface area contributed by atoms with Crippen molar-refractivity contribution < 1.29 is 19.0 Å². The summed E-state index contributed by atoms with van der Waals surface area (Å²) < 4.78 is 15.5. The van der Waals surface area contributed by atoms with Gasteiger partial charge in [-0.3, -0.25) is 4.90 Å². The number of anilines is 1. The molecule has 0 N–H and O–H groups in total. The second kappa shape index (κ2) is 4.00. The Bertz CT molecular complexity index is 465. The summed E-state index contributed by atoms with van der Waals surface area (Å²) in [5.41, 5.74) is 0.729. The second-order valence-electron chi connectivity index (χ2n) is 3.81. The molecule has 17 heavy (non-hydrogen) atoms. The number of carbonyl (C=O) groups excluding carboxylic acids is 1. The number of hydrogen-bond donors (Lipinski definition) is 0. The molecule has 0 saturated carbocycles. The van der Waals surface area contributed by atoms with E-state index in [1.54, 1.807) is 18.2 Å². The molecule has 2 aliphatic heterocycles. The van der Waals surface area contributed by atoms with Crippen LogP contribution in [0.2, 0.25) is 0 Å². The van der Waals surface area contributed by atoms with Gasteiger partial charge in [0.25, 0.3) is 0 Å². The molecule has 0 bridgehead atoms. The first-order valence-corrected chi connectivity index (χ1v) is 5.75. The maximum Gasteiger partial charge on any atom is 0.414 e. The molecule has 0 spiro atoms. The average Bonchev–Trinajstić information content (AvgIpc) is 2.93. The van der Waals surface area contributed by atoms with E-state index >= 15 is 0 Å². The highest BCUT2D eigenvalue weighted by atomic mass is 35.5. The number of carbonyl (C=O) groups is 1. The minimum absolute atomic E-state index is 0.216. The minimum Gasteiger partial charge on any atom is -0.454 e. The highest BCUT2D eigenvalue weighted by molar-refractivity contribution is 6.18. The van der Waals surface area contributed by atoms with E-state index in [2.05, 4.69) is 0 Å². The van der Waals surface area contributed by atoms with Crippen molar-refractivity contribution in [2.24, 2.45) is 0 Å². The molecule has 1 atom stereocenters. The summed E-state index contributed by atoms with van der Waals surface area (Å²) in [5.74, 6) is 1.63. The molecule has 1 aromatic carbocycles. The van der Waals surface area contributed by atoms with Gasteiger partial charge in [-0.1, -0.05) is 0 Å². The van der Waals surface area contributed by atoms with Gasteiger partial charge in [0.2, 0.25) is 6.79 Å². The van der Waals surface area contributed by atoms with E-state index in [0.29, 0.717) is 23.9 Å². The number of cyclic esters (lactones) is 1. The molecule has 6 heteroatoms. The number of rotatable bonds is 2. The van der Waals surface area contributed by atoms with Crippen LogP contribution in [0, 0.1) is 0 Å². The summed E-state index contributed by atoms with van der Waals surface area (Å²) in [6, 6.07) is 5.34. The summed E-state index contributed by atoms with van der Waals surface area (Å²) in [7, 11) is 0. The molecule has 0 aliphatic carbocycles. The van der Waals surface area contributed by atoms with Gasteiger partial charge in [0.15, 0.2) is 11.5 Å². The third-order valence-corrected chi connectivity index (χ3v) is 3.06. The molecule has 5 nitrogen and oxygen atoms in total. The SMILES string of the molecule is O=C1OC(CCl)CN1c1ccc2c(c1)OCO2. The van der Waals surface area contributed by atoms with Gasteiger partial charge in [-0.25, -0.2) is 4.79 Å². The van der Waals surface area contributed by atoms with Gasteiger partial charge in [-0.05, 0) is 12.1 Å². The van der Waals surface area contributed by atoms with Crippen LogP contribution in [0.25, 0.3) is 0 Å². The van der Waals surface area contributed by atoms with Crippen molar-refractivity contribution in [1.82, 2.24) is 0 Å². The van der Waals surface area contributed by atoms with E-state index in [-0.39, 0.29) is 19.0 Å². The standard InChI is InChI=1S/C11H10ClNO4/c12-4-8-5-13(11(14)17-8)7-1-2-9-10(3-7)16-6-15-9/h1-3,8H,4-6H2. The predicted octanol–water partition coefficient (Wildman–Crippen LogP) is 1.98. The van der Waals surface area contributed by atoms with Gasteiger partial charge in [0, 0.05) is 6.07 Å². The van der Waals surface area contributed by atoms with E-state index in [1.807, 2.05) is 0 Å². The number of amides is 1. The van der Waals surface area contributed by atoms with Crippen LogP contribution >= 0.6 is 11.6 Å². The van der Waals surface area contributed by atoms with Gasteiger partial charge in [-0.15, -0.1) is 11.6 Å². The second-order valence-corrected chi connectivity index (χ2v) is 4.12. The van der Waals surface area contributed by atoms with E-state index in [0.717, 1.165) is 5.69 Å². The van der Waals surface area contributed by atoms with E-state index in [1.165, 1.54) is 4.90 Å². The maximum absolute atomic E-state index is 11.6. The van der Waals surface area contributed by atoms with Crippen LogP contribution < -0.4 is 14.4 Å². The Morgan fingerprint density at radius 3 is 2.94 bits per heavy atom. The fourth-order valence-electron chi connectivity index (χ4n) is 1.87. The van der Waals surface area contributed by atoms with Gasteiger partial charge < -0.3 is 14.2 Å². The first-order valence-electron chi connectivity index (χ1n) is 5.21. The normalized spacial score (nSPS) is 21.8. The van der Waals surface area contributed by atoms with Gasteiger partial charge in [-0.2, -0.15) is 0 Å². The molecule has 2 heterocycles. The molecule has 0 radical (unpaired) electrons. The smallest absolute Gasteiger partial charge is 0.414 e. The van der Waals surface area contributed by atoms with Crippen molar-refractivity contribution in [3.63, 3.8) is 0 Å². The first-order chi connectivity index (χ1) is 8.28. The third-order valence-electron chi connectivity index (χ3n) is 2.71. The first kappa shape index (κ1) is 10.5. The minimum atomic E-state index is -0.380. The van der Waals surface area contributed by atoms with E-state index in [9.17, 15) is 4.79 Å². The summed E-state index contributed by atoms with van der Waals surface area (Å²) in [6.45, 7) is 0.676. The Hall–Kier alpha value is -1.62. The van der Waals surface area contributed by atoms with Crippen molar-refractivity contribution in [2.45, 2.75) is 6.10 Å². The fourth-order valence-corrected chi connectivity index (χ4v) is 2.03. The Morgan fingerprint density at radius 2 is 2.18 bits per heavy atom. The molecule has 0 aromatic heterocycles. The molecule has 3 rings (SSSR count). The van der Waals surface area contributed by atoms with Crippen LogP contribution in [-0.4, -0.2) is 31.4 Å². The Kier molecular flexibility index (Phi) is 2.48. The molecule has 2 aliphatic rings. The average molecular weight is 256 g/mol.